The Morgan fingerprint density at radius 2 is 2.06 bits per heavy atom. The van der Waals surface area contributed by atoms with Crippen molar-refractivity contribution >= 4 is 16.8 Å². The zero-order valence-electron chi connectivity index (χ0n) is 8.70. The predicted molar refractivity (Wildman–Crippen MR) is 54.9 cm³/mol. The van der Waals surface area contributed by atoms with E-state index in [9.17, 15) is 13.6 Å². The molecule has 0 unspecified atom stereocenters. The van der Waals surface area contributed by atoms with Crippen LogP contribution in [0.3, 0.4) is 0 Å². The standard InChI is InChI=1S/C11H10F2N2O/c1-2-7(16)5-15-6-14-10-3-8(12)9(13)4-11(10)15/h3-4,6H,2,5H2,1H3. The third kappa shape index (κ3) is 1.80. The van der Waals surface area contributed by atoms with E-state index < -0.39 is 11.6 Å². The van der Waals surface area contributed by atoms with E-state index in [1.807, 2.05) is 0 Å². The lowest BCUT2D eigenvalue weighted by atomic mass is 10.2. The molecule has 84 valence electrons. The van der Waals surface area contributed by atoms with Gasteiger partial charge in [-0.3, -0.25) is 4.79 Å². The number of aromatic nitrogens is 2. The summed E-state index contributed by atoms with van der Waals surface area (Å²) >= 11 is 0. The number of carbonyl (C=O) groups is 1. The monoisotopic (exact) mass is 224 g/mol. The summed E-state index contributed by atoms with van der Waals surface area (Å²) in [7, 11) is 0. The number of rotatable bonds is 3. The minimum Gasteiger partial charge on any atom is -0.323 e. The number of halogens is 2. The average molecular weight is 224 g/mol. The first kappa shape index (κ1) is 10.7. The predicted octanol–water partition coefficient (Wildman–Crippen LogP) is 2.29. The van der Waals surface area contributed by atoms with Crippen LogP contribution in [0.2, 0.25) is 0 Å². The van der Waals surface area contributed by atoms with Gasteiger partial charge in [-0.1, -0.05) is 6.92 Å². The van der Waals surface area contributed by atoms with Crippen molar-refractivity contribution in [1.29, 1.82) is 0 Å². The summed E-state index contributed by atoms with van der Waals surface area (Å²) < 4.78 is 27.4. The van der Waals surface area contributed by atoms with Crippen molar-refractivity contribution in [2.45, 2.75) is 19.9 Å². The molecule has 0 aliphatic heterocycles. The first-order chi connectivity index (χ1) is 7.61. The number of imidazole rings is 1. The van der Waals surface area contributed by atoms with E-state index in [0.717, 1.165) is 12.1 Å². The second kappa shape index (κ2) is 4.00. The summed E-state index contributed by atoms with van der Waals surface area (Å²) in [5.41, 5.74) is 0.781. The van der Waals surface area contributed by atoms with Gasteiger partial charge < -0.3 is 4.57 Å². The molecule has 1 aromatic carbocycles. The molecule has 0 N–H and O–H groups in total. The molecule has 16 heavy (non-hydrogen) atoms. The van der Waals surface area contributed by atoms with Crippen molar-refractivity contribution in [1.82, 2.24) is 9.55 Å². The highest BCUT2D eigenvalue weighted by Gasteiger charge is 2.10. The Bertz CT molecular complexity index is 548. The van der Waals surface area contributed by atoms with Gasteiger partial charge in [0, 0.05) is 18.6 Å². The fraction of sp³-hybridized carbons (Fsp3) is 0.273. The summed E-state index contributed by atoms with van der Waals surface area (Å²) in [5, 5.41) is 0. The summed E-state index contributed by atoms with van der Waals surface area (Å²) in [6.45, 7) is 1.89. The zero-order chi connectivity index (χ0) is 11.7. The van der Waals surface area contributed by atoms with Crippen molar-refractivity contribution in [3.05, 3.63) is 30.1 Å². The van der Waals surface area contributed by atoms with Crippen molar-refractivity contribution < 1.29 is 13.6 Å². The largest absolute Gasteiger partial charge is 0.323 e. The van der Waals surface area contributed by atoms with Crippen LogP contribution in [0.25, 0.3) is 11.0 Å². The van der Waals surface area contributed by atoms with Crippen molar-refractivity contribution in [3.8, 4) is 0 Å². The fourth-order valence-electron chi connectivity index (χ4n) is 1.48. The van der Waals surface area contributed by atoms with Crippen molar-refractivity contribution in [2.75, 3.05) is 0 Å². The van der Waals surface area contributed by atoms with Crippen LogP contribution < -0.4 is 0 Å². The average Bonchev–Trinajstić information content (AvgIpc) is 2.62. The number of carbonyl (C=O) groups excluding carboxylic acids is 1. The normalized spacial score (nSPS) is 10.9. The van der Waals surface area contributed by atoms with Crippen LogP contribution in [-0.2, 0) is 11.3 Å². The van der Waals surface area contributed by atoms with E-state index in [1.165, 1.54) is 10.9 Å². The molecule has 0 aliphatic carbocycles. The maximum absolute atomic E-state index is 13.0. The van der Waals surface area contributed by atoms with Gasteiger partial charge in [0.1, 0.15) is 0 Å². The molecule has 0 saturated carbocycles. The Labute approximate surface area is 90.7 Å². The molecule has 1 aromatic heterocycles. The maximum Gasteiger partial charge on any atom is 0.161 e. The van der Waals surface area contributed by atoms with Gasteiger partial charge in [0.05, 0.1) is 23.9 Å². The van der Waals surface area contributed by atoms with Gasteiger partial charge in [0.15, 0.2) is 17.4 Å². The molecule has 3 nitrogen and oxygen atoms in total. The summed E-state index contributed by atoms with van der Waals surface area (Å²) in [6, 6.07) is 2.08. The zero-order valence-corrected chi connectivity index (χ0v) is 8.70. The van der Waals surface area contributed by atoms with Crippen LogP contribution in [0.5, 0.6) is 0 Å². The van der Waals surface area contributed by atoms with Gasteiger partial charge in [0.2, 0.25) is 0 Å². The summed E-state index contributed by atoms with van der Waals surface area (Å²) in [4.78, 5) is 15.2. The molecule has 0 atom stereocenters. The maximum atomic E-state index is 13.0. The molecule has 0 amide bonds. The molecule has 0 fully saturated rings. The molecule has 5 heteroatoms. The van der Waals surface area contributed by atoms with Gasteiger partial charge in [-0.25, -0.2) is 13.8 Å². The van der Waals surface area contributed by atoms with Gasteiger partial charge >= 0.3 is 0 Å². The molecule has 0 saturated heterocycles. The number of Topliss-reactive ketones (excluding diaryl/α,β-unsaturated/α-hetero) is 1. The summed E-state index contributed by atoms with van der Waals surface area (Å²) in [6.07, 6.45) is 1.82. The van der Waals surface area contributed by atoms with Crippen LogP contribution in [-0.4, -0.2) is 15.3 Å². The highest BCUT2D eigenvalue weighted by molar-refractivity contribution is 5.81. The molecule has 0 aliphatic rings. The Balaban J connectivity index is 2.48. The van der Waals surface area contributed by atoms with Crippen LogP contribution in [0.15, 0.2) is 18.5 Å². The van der Waals surface area contributed by atoms with E-state index in [2.05, 4.69) is 4.98 Å². The molecule has 2 aromatic rings. The van der Waals surface area contributed by atoms with Gasteiger partial charge in [0.25, 0.3) is 0 Å². The lowest BCUT2D eigenvalue weighted by molar-refractivity contribution is -0.119. The van der Waals surface area contributed by atoms with Gasteiger partial charge in [-0.2, -0.15) is 0 Å². The van der Waals surface area contributed by atoms with E-state index in [1.54, 1.807) is 6.92 Å². The Hall–Kier alpha value is -1.78. The van der Waals surface area contributed by atoms with Crippen molar-refractivity contribution in [3.63, 3.8) is 0 Å². The third-order valence-electron chi connectivity index (χ3n) is 2.40. The number of fused-ring (bicyclic) bond motifs is 1. The minimum absolute atomic E-state index is 0.0176. The van der Waals surface area contributed by atoms with Crippen molar-refractivity contribution in [2.24, 2.45) is 0 Å². The lowest BCUT2D eigenvalue weighted by Crippen LogP contribution is -2.07. The minimum atomic E-state index is -0.932. The first-order valence-electron chi connectivity index (χ1n) is 4.93. The number of hydrogen-bond acceptors (Lipinski definition) is 2. The third-order valence-corrected chi connectivity index (χ3v) is 2.40. The van der Waals surface area contributed by atoms with Crippen LogP contribution in [0.1, 0.15) is 13.3 Å². The molecule has 0 bridgehead atoms. The molecule has 1 heterocycles. The van der Waals surface area contributed by atoms with E-state index in [-0.39, 0.29) is 12.3 Å². The number of ketones is 1. The second-order valence-corrected chi connectivity index (χ2v) is 3.52. The number of nitrogens with zero attached hydrogens (tertiary/aromatic N) is 2. The van der Waals surface area contributed by atoms with Crippen LogP contribution in [0.4, 0.5) is 8.78 Å². The van der Waals surface area contributed by atoms with Gasteiger partial charge in [-0.05, 0) is 0 Å². The Morgan fingerprint density at radius 1 is 1.38 bits per heavy atom. The Morgan fingerprint density at radius 3 is 2.75 bits per heavy atom. The topological polar surface area (TPSA) is 34.9 Å². The molecule has 0 spiro atoms. The SMILES string of the molecule is CCC(=O)Cn1cnc2cc(F)c(F)cc21. The first-order valence-corrected chi connectivity index (χ1v) is 4.93. The number of hydrogen-bond donors (Lipinski definition) is 0. The van der Waals surface area contributed by atoms with E-state index in [4.69, 9.17) is 0 Å². The van der Waals surface area contributed by atoms with E-state index in [0.29, 0.717) is 17.5 Å². The number of benzene rings is 1. The molecule has 2 rings (SSSR count). The molecular weight excluding hydrogens is 214 g/mol. The quantitative estimate of drug-likeness (QED) is 0.801. The van der Waals surface area contributed by atoms with Crippen LogP contribution in [0, 0.1) is 11.6 Å². The van der Waals surface area contributed by atoms with E-state index >= 15 is 0 Å². The fourth-order valence-corrected chi connectivity index (χ4v) is 1.48. The molecular formula is C11H10F2N2O. The Kier molecular flexibility index (Phi) is 2.68. The van der Waals surface area contributed by atoms with Crippen LogP contribution >= 0.6 is 0 Å². The molecule has 0 radical (unpaired) electrons. The highest BCUT2D eigenvalue weighted by Crippen LogP contribution is 2.17. The smallest absolute Gasteiger partial charge is 0.161 e. The summed E-state index contributed by atoms with van der Waals surface area (Å²) in [5.74, 6) is -1.85. The van der Waals surface area contributed by atoms with Gasteiger partial charge in [-0.15, -0.1) is 0 Å². The second-order valence-electron chi connectivity index (χ2n) is 3.52. The highest BCUT2D eigenvalue weighted by atomic mass is 19.2. The lowest BCUT2D eigenvalue weighted by Gasteiger charge is -2.02.